The SMILES string of the molecule is CCCC(C)(C)C(=O)Nc1ccc(OC)cc1S(=O)(=O)OCC. The highest BCUT2D eigenvalue weighted by Crippen LogP contribution is 2.30. The van der Waals surface area contributed by atoms with Crippen LogP contribution in [0.15, 0.2) is 23.1 Å². The fraction of sp³-hybridized carbons (Fsp3) is 0.562. The van der Waals surface area contributed by atoms with Crippen LogP contribution in [0.25, 0.3) is 0 Å². The average molecular weight is 343 g/mol. The summed E-state index contributed by atoms with van der Waals surface area (Å²) < 4.78 is 34.4. The summed E-state index contributed by atoms with van der Waals surface area (Å²) in [6.07, 6.45) is 1.55. The Balaban J connectivity index is 3.24. The lowest BCUT2D eigenvalue weighted by Crippen LogP contribution is -2.31. The molecule has 1 rings (SSSR count). The van der Waals surface area contributed by atoms with Gasteiger partial charge in [-0.15, -0.1) is 0 Å². The van der Waals surface area contributed by atoms with E-state index in [4.69, 9.17) is 8.92 Å². The normalized spacial score (nSPS) is 12.0. The fourth-order valence-corrected chi connectivity index (χ4v) is 3.27. The van der Waals surface area contributed by atoms with Crippen molar-refractivity contribution in [1.29, 1.82) is 0 Å². The topological polar surface area (TPSA) is 81.7 Å². The van der Waals surface area contributed by atoms with E-state index >= 15 is 0 Å². The van der Waals surface area contributed by atoms with Crippen molar-refractivity contribution in [2.75, 3.05) is 19.0 Å². The number of anilines is 1. The lowest BCUT2D eigenvalue weighted by Gasteiger charge is -2.23. The summed E-state index contributed by atoms with van der Waals surface area (Å²) in [5, 5.41) is 2.70. The van der Waals surface area contributed by atoms with Gasteiger partial charge in [0.05, 0.1) is 19.4 Å². The highest BCUT2D eigenvalue weighted by atomic mass is 32.2. The van der Waals surface area contributed by atoms with Gasteiger partial charge in [0.1, 0.15) is 10.6 Å². The van der Waals surface area contributed by atoms with Gasteiger partial charge in [0.25, 0.3) is 10.1 Å². The van der Waals surface area contributed by atoms with Crippen LogP contribution in [0.3, 0.4) is 0 Å². The molecule has 0 atom stereocenters. The van der Waals surface area contributed by atoms with Crippen molar-refractivity contribution < 1.29 is 22.1 Å². The molecule has 1 aromatic carbocycles. The molecule has 0 aliphatic rings. The second-order valence-corrected chi connectivity index (χ2v) is 7.39. The fourth-order valence-electron chi connectivity index (χ4n) is 2.19. The van der Waals surface area contributed by atoms with E-state index in [0.29, 0.717) is 12.2 Å². The second-order valence-electron chi connectivity index (χ2n) is 5.81. The average Bonchev–Trinajstić information content (AvgIpc) is 2.47. The quantitative estimate of drug-likeness (QED) is 0.733. The molecule has 0 bridgehead atoms. The Labute approximate surface area is 138 Å². The van der Waals surface area contributed by atoms with Gasteiger partial charge < -0.3 is 10.1 Å². The molecule has 0 unspecified atom stereocenters. The monoisotopic (exact) mass is 343 g/mol. The maximum Gasteiger partial charge on any atom is 0.299 e. The highest BCUT2D eigenvalue weighted by Gasteiger charge is 2.29. The van der Waals surface area contributed by atoms with Crippen molar-refractivity contribution in [3.63, 3.8) is 0 Å². The van der Waals surface area contributed by atoms with Crippen LogP contribution in [0.1, 0.15) is 40.5 Å². The first-order valence-corrected chi connectivity index (χ1v) is 8.97. The van der Waals surface area contributed by atoms with Crippen molar-refractivity contribution in [1.82, 2.24) is 0 Å². The molecule has 0 aromatic heterocycles. The van der Waals surface area contributed by atoms with Crippen LogP contribution in [0.4, 0.5) is 5.69 Å². The summed E-state index contributed by atoms with van der Waals surface area (Å²) in [7, 11) is -2.53. The van der Waals surface area contributed by atoms with Crippen molar-refractivity contribution >= 4 is 21.7 Å². The van der Waals surface area contributed by atoms with E-state index in [1.165, 1.54) is 19.2 Å². The Kier molecular flexibility index (Phi) is 6.58. The molecule has 7 heteroatoms. The molecule has 0 fully saturated rings. The zero-order chi connectivity index (χ0) is 17.7. The van der Waals surface area contributed by atoms with Gasteiger partial charge in [-0.05, 0) is 25.5 Å². The molecule has 6 nitrogen and oxygen atoms in total. The molecular formula is C16H25NO5S. The second kappa shape index (κ2) is 7.79. The number of carbonyl (C=O) groups is 1. The maximum absolute atomic E-state index is 12.4. The van der Waals surface area contributed by atoms with Crippen LogP contribution in [0, 0.1) is 5.41 Å². The van der Waals surface area contributed by atoms with E-state index in [9.17, 15) is 13.2 Å². The van der Waals surface area contributed by atoms with Gasteiger partial charge in [-0.1, -0.05) is 27.2 Å². The molecule has 0 radical (unpaired) electrons. The lowest BCUT2D eigenvalue weighted by atomic mass is 9.87. The van der Waals surface area contributed by atoms with E-state index in [-0.39, 0.29) is 23.1 Å². The van der Waals surface area contributed by atoms with E-state index in [0.717, 1.165) is 6.42 Å². The molecule has 0 spiro atoms. The summed E-state index contributed by atoms with van der Waals surface area (Å²) in [5.74, 6) is 0.131. The maximum atomic E-state index is 12.4. The van der Waals surface area contributed by atoms with E-state index in [1.54, 1.807) is 13.0 Å². The van der Waals surface area contributed by atoms with Crippen molar-refractivity contribution in [3.8, 4) is 5.75 Å². The number of hydrogen-bond acceptors (Lipinski definition) is 5. The van der Waals surface area contributed by atoms with Crippen molar-refractivity contribution in [2.24, 2.45) is 5.41 Å². The van der Waals surface area contributed by atoms with Gasteiger partial charge in [-0.2, -0.15) is 8.42 Å². The predicted molar refractivity (Wildman–Crippen MR) is 89.1 cm³/mol. The predicted octanol–water partition coefficient (Wildman–Crippen LogP) is 3.19. The molecule has 0 heterocycles. The van der Waals surface area contributed by atoms with Crippen LogP contribution >= 0.6 is 0 Å². The number of methoxy groups -OCH3 is 1. The standard InChI is InChI=1S/C16H25NO5S/c1-6-10-16(3,4)15(18)17-13-9-8-12(21-5)11-14(13)23(19,20)22-7-2/h8-9,11H,6-7,10H2,1-5H3,(H,17,18). The molecule has 23 heavy (non-hydrogen) atoms. The summed E-state index contributed by atoms with van der Waals surface area (Å²) in [6, 6.07) is 4.44. The summed E-state index contributed by atoms with van der Waals surface area (Å²) >= 11 is 0. The first kappa shape index (κ1) is 19.4. The van der Waals surface area contributed by atoms with Crippen molar-refractivity contribution in [2.45, 2.75) is 45.4 Å². The molecule has 0 aliphatic heterocycles. The molecular weight excluding hydrogens is 318 g/mol. The van der Waals surface area contributed by atoms with Gasteiger partial charge in [-0.25, -0.2) is 0 Å². The molecule has 130 valence electrons. The van der Waals surface area contributed by atoms with E-state index < -0.39 is 15.5 Å². The zero-order valence-corrected chi connectivity index (χ0v) is 15.1. The number of nitrogens with one attached hydrogen (secondary N) is 1. The van der Waals surface area contributed by atoms with Gasteiger partial charge in [0.2, 0.25) is 5.91 Å². The number of hydrogen-bond donors (Lipinski definition) is 1. The van der Waals surface area contributed by atoms with E-state index in [1.807, 2.05) is 20.8 Å². The number of rotatable bonds is 8. The van der Waals surface area contributed by atoms with Gasteiger partial charge >= 0.3 is 0 Å². The smallest absolute Gasteiger partial charge is 0.299 e. The molecule has 0 saturated carbocycles. The number of amides is 1. The number of carbonyl (C=O) groups excluding carboxylic acids is 1. The summed E-state index contributed by atoms with van der Waals surface area (Å²) in [4.78, 5) is 12.3. The van der Waals surface area contributed by atoms with Crippen molar-refractivity contribution in [3.05, 3.63) is 18.2 Å². The molecule has 1 amide bonds. The van der Waals surface area contributed by atoms with Gasteiger partial charge in [0, 0.05) is 11.5 Å². The van der Waals surface area contributed by atoms with Gasteiger partial charge in [0.15, 0.2) is 0 Å². The Hall–Kier alpha value is -1.60. The molecule has 1 aromatic rings. The minimum atomic E-state index is -3.97. The largest absolute Gasteiger partial charge is 0.497 e. The van der Waals surface area contributed by atoms with E-state index in [2.05, 4.69) is 5.32 Å². The number of benzene rings is 1. The third kappa shape index (κ3) is 4.94. The first-order chi connectivity index (χ1) is 10.7. The first-order valence-electron chi connectivity index (χ1n) is 7.57. The van der Waals surface area contributed by atoms with Gasteiger partial charge in [-0.3, -0.25) is 8.98 Å². The summed E-state index contributed by atoms with van der Waals surface area (Å²) in [6.45, 7) is 7.24. The Morgan fingerprint density at radius 1 is 1.26 bits per heavy atom. The summed E-state index contributed by atoms with van der Waals surface area (Å²) in [5.41, 5.74) is -0.408. The van der Waals surface area contributed by atoms with Crippen LogP contribution in [0.2, 0.25) is 0 Å². The Bertz CT molecular complexity index is 652. The van der Waals surface area contributed by atoms with Crippen LogP contribution < -0.4 is 10.1 Å². The van der Waals surface area contributed by atoms with Crippen LogP contribution in [-0.4, -0.2) is 28.0 Å². The highest BCUT2D eigenvalue weighted by molar-refractivity contribution is 7.87. The minimum absolute atomic E-state index is 0.00819. The number of ether oxygens (including phenoxy) is 1. The molecule has 1 N–H and O–H groups in total. The molecule has 0 aliphatic carbocycles. The Morgan fingerprint density at radius 2 is 1.91 bits per heavy atom. The third-order valence-corrected chi connectivity index (χ3v) is 4.89. The van der Waals surface area contributed by atoms with Crippen LogP contribution in [-0.2, 0) is 19.1 Å². The third-order valence-electron chi connectivity index (χ3n) is 3.47. The van der Waals surface area contributed by atoms with Crippen LogP contribution in [0.5, 0.6) is 5.75 Å². The lowest BCUT2D eigenvalue weighted by molar-refractivity contribution is -0.124. The Morgan fingerprint density at radius 3 is 2.43 bits per heavy atom. The minimum Gasteiger partial charge on any atom is -0.497 e. The molecule has 0 saturated heterocycles. The zero-order valence-electron chi connectivity index (χ0n) is 14.3.